The molecule has 7 nitrogen and oxygen atoms in total. The van der Waals surface area contributed by atoms with E-state index in [4.69, 9.17) is 4.74 Å². The fourth-order valence-electron chi connectivity index (χ4n) is 2.74. The molecule has 2 fully saturated rings. The highest BCUT2D eigenvalue weighted by Gasteiger charge is 2.31. The Morgan fingerprint density at radius 3 is 2.55 bits per heavy atom. The van der Waals surface area contributed by atoms with E-state index in [1.54, 1.807) is 0 Å². The van der Waals surface area contributed by atoms with E-state index < -0.39 is 0 Å². The Labute approximate surface area is 134 Å². The summed E-state index contributed by atoms with van der Waals surface area (Å²) in [7, 11) is 0. The zero-order valence-corrected chi connectivity index (χ0v) is 14.0. The van der Waals surface area contributed by atoms with Crippen molar-refractivity contribution in [3.63, 3.8) is 0 Å². The molecule has 1 N–H and O–H groups in total. The van der Waals surface area contributed by atoms with Crippen molar-refractivity contribution in [2.24, 2.45) is 0 Å². The van der Waals surface area contributed by atoms with Crippen molar-refractivity contribution in [2.75, 3.05) is 31.9 Å². The summed E-state index contributed by atoms with van der Waals surface area (Å²) in [5, 5.41) is 2.57. The van der Waals surface area contributed by atoms with Gasteiger partial charge in [0, 0.05) is 26.2 Å². The Hall–Kier alpha value is -1.12. The third-order valence-corrected chi connectivity index (χ3v) is 4.71. The zero-order valence-electron chi connectivity index (χ0n) is 13.2. The van der Waals surface area contributed by atoms with Crippen molar-refractivity contribution < 1.29 is 19.1 Å². The van der Waals surface area contributed by atoms with Gasteiger partial charge in [-0.1, -0.05) is 11.8 Å². The van der Waals surface area contributed by atoms with Crippen molar-refractivity contribution in [3.8, 4) is 0 Å². The molecule has 0 radical (unpaired) electrons. The average Bonchev–Trinajstić information content (AvgIpc) is 2.77. The van der Waals surface area contributed by atoms with Crippen LogP contribution in [-0.4, -0.2) is 77.0 Å². The number of ether oxygens (including phenoxy) is 1. The van der Waals surface area contributed by atoms with E-state index in [0.717, 1.165) is 24.9 Å². The number of nitrogens with one attached hydrogen (secondary N) is 1. The predicted octanol–water partition coefficient (Wildman–Crippen LogP) is 0.296. The van der Waals surface area contributed by atoms with Crippen LogP contribution in [0.15, 0.2) is 0 Å². The van der Waals surface area contributed by atoms with Gasteiger partial charge in [-0.25, -0.2) is 0 Å². The van der Waals surface area contributed by atoms with Crippen LogP contribution in [0.1, 0.15) is 20.8 Å². The third-order valence-electron chi connectivity index (χ3n) is 3.85. The summed E-state index contributed by atoms with van der Waals surface area (Å²) in [6.45, 7) is 7.82. The Kier molecular flexibility index (Phi) is 5.82. The van der Waals surface area contributed by atoms with Gasteiger partial charge in [0.2, 0.25) is 11.8 Å². The van der Waals surface area contributed by atoms with Gasteiger partial charge in [0.25, 0.3) is 5.24 Å². The lowest BCUT2D eigenvalue weighted by molar-refractivity contribution is -0.132. The summed E-state index contributed by atoms with van der Waals surface area (Å²) >= 11 is 1.00. The number of imide groups is 1. The van der Waals surface area contributed by atoms with Gasteiger partial charge < -0.3 is 10.1 Å². The molecule has 3 atom stereocenters. The van der Waals surface area contributed by atoms with Crippen molar-refractivity contribution in [3.05, 3.63) is 0 Å². The molecule has 0 spiro atoms. The third kappa shape index (κ3) is 4.21. The van der Waals surface area contributed by atoms with E-state index in [2.05, 4.69) is 10.2 Å². The Morgan fingerprint density at radius 2 is 2.00 bits per heavy atom. The van der Waals surface area contributed by atoms with E-state index in [9.17, 15) is 14.4 Å². The normalized spacial score (nSPS) is 28.0. The van der Waals surface area contributed by atoms with Gasteiger partial charge in [-0.3, -0.25) is 24.2 Å². The number of amides is 3. The lowest BCUT2D eigenvalue weighted by atomic mass is 10.1. The zero-order chi connectivity index (χ0) is 16.3. The number of carbonyl (C=O) groups is 3. The number of morpholine rings is 1. The standard InChI is InChI=1S/C14H23N3O4S/c1-9-6-16(7-10(2)21-9)11(3)13(19)15-4-5-17-12(18)8-22-14(17)20/h9-11H,4-8H2,1-3H3,(H,15,19)/t9-,10+,11-/m0/s1. The molecular formula is C14H23N3O4S. The van der Waals surface area contributed by atoms with Crippen molar-refractivity contribution in [2.45, 2.75) is 39.0 Å². The van der Waals surface area contributed by atoms with Crippen LogP contribution in [0.2, 0.25) is 0 Å². The molecular weight excluding hydrogens is 306 g/mol. The number of rotatable bonds is 5. The number of hydrogen-bond acceptors (Lipinski definition) is 6. The van der Waals surface area contributed by atoms with Crippen LogP contribution in [0, 0.1) is 0 Å². The first-order valence-electron chi connectivity index (χ1n) is 7.53. The van der Waals surface area contributed by atoms with Crippen molar-refractivity contribution in [1.82, 2.24) is 15.1 Å². The second kappa shape index (κ2) is 7.43. The first kappa shape index (κ1) is 17.2. The summed E-state index contributed by atoms with van der Waals surface area (Å²) in [6.07, 6.45) is 0.215. The van der Waals surface area contributed by atoms with Crippen LogP contribution in [0.5, 0.6) is 0 Å². The summed E-state index contributed by atoms with van der Waals surface area (Å²) in [5.74, 6) is -0.0756. The molecule has 2 heterocycles. The molecule has 0 bridgehead atoms. The predicted molar refractivity (Wildman–Crippen MR) is 83.6 cm³/mol. The van der Waals surface area contributed by atoms with Crippen molar-refractivity contribution >= 4 is 28.8 Å². The Morgan fingerprint density at radius 1 is 1.36 bits per heavy atom. The van der Waals surface area contributed by atoms with Gasteiger partial charge >= 0.3 is 0 Å². The van der Waals surface area contributed by atoms with Crippen LogP contribution in [0.4, 0.5) is 4.79 Å². The lowest BCUT2D eigenvalue weighted by Crippen LogP contribution is -2.54. The quantitative estimate of drug-likeness (QED) is 0.781. The molecule has 8 heteroatoms. The van der Waals surface area contributed by atoms with Gasteiger partial charge in [-0.05, 0) is 20.8 Å². The monoisotopic (exact) mass is 329 g/mol. The molecule has 0 aliphatic carbocycles. The van der Waals surface area contributed by atoms with E-state index >= 15 is 0 Å². The minimum Gasteiger partial charge on any atom is -0.373 e. The van der Waals surface area contributed by atoms with Crippen molar-refractivity contribution in [1.29, 1.82) is 0 Å². The highest BCUT2D eigenvalue weighted by Crippen LogP contribution is 2.18. The summed E-state index contributed by atoms with van der Waals surface area (Å²) in [6, 6.07) is -0.256. The summed E-state index contributed by atoms with van der Waals surface area (Å²) in [4.78, 5) is 38.4. The second-order valence-corrected chi connectivity index (χ2v) is 6.70. The minimum atomic E-state index is -0.256. The summed E-state index contributed by atoms with van der Waals surface area (Å²) in [5.41, 5.74) is 0. The van der Waals surface area contributed by atoms with Gasteiger partial charge in [0.15, 0.2) is 0 Å². The van der Waals surface area contributed by atoms with Crippen LogP contribution in [0.25, 0.3) is 0 Å². The molecule has 0 aromatic heterocycles. The molecule has 0 aromatic rings. The maximum absolute atomic E-state index is 12.2. The molecule has 3 amide bonds. The first-order valence-corrected chi connectivity index (χ1v) is 8.51. The van der Waals surface area contributed by atoms with Gasteiger partial charge in [0.05, 0.1) is 24.0 Å². The van der Waals surface area contributed by atoms with Crippen LogP contribution >= 0.6 is 11.8 Å². The van der Waals surface area contributed by atoms with Gasteiger partial charge in [0.1, 0.15) is 0 Å². The number of thioether (sulfide) groups is 1. The average molecular weight is 329 g/mol. The number of hydrogen-bond donors (Lipinski definition) is 1. The van der Waals surface area contributed by atoms with E-state index in [0.29, 0.717) is 0 Å². The second-order valence-electron chi connectivity index (χ2n) is 5.78. The van der Waals surface area contributed by atoms with Crippen LogP contribution in [-0.2, 0) is 14.3 Å². The maximum atomic E-state index is 12.2. The summed E-state index contributed by atoms with van der Waals surface area (Å²) < 4.78 is 5.66. The van der Waals surface area contributed by atoms with E-state index in [-0.39, 0.29) is 54.1 Å². The number of carbonyl (C=O) groups excluding carboxylic acids is 3. The fourth-order valence-corrected chi connectivity index (χ4v) is 3.49. The first-order chi connectivity index (χ1) is 10.4. The Balaban J connectivity index is 1.76. The minimum absolute atomic E-state index is 0.0898. The fraction of sp³-hybridized carbons (Fsp3) is 0.786. The molecule has 124 valence electrons. The molecule has 2 aliphatic rings. The smallest absolute Gasteiger partial charge is 0.288 e. The van der Waals surface area contributed by atoms with Crippen LogP contribution in [0.3, 0.4) is 0 Å². The largest absolute Gasteiger partial charge is 0.373 e. The molecule has 0 saturated carbocycles. The molecule has 2 saturated heterocycles. The highest BCUT2D eigenvalue weighted by atomic mass is 32.2. The van der Waals surface area contributed by atoms with E-state index in [1.807, 2.05) is 20.8 Å². The molecule has 0 aromatic carbocycles. The SMILES string of the molecule is C[C@@H]1CN([C@@H](C)C(=O)NCCN2C(=O)CSC2=O)C[C@H](C)O1. The maximum Gasteiger partial charge on any atom is 0.288 e. The van der Waals surface area contributed by atoms with E-state index in [1.165, 1.54) is 4.90 Å². The molecule has 2 rings (SSSR count). The number of nitrogens with zero attached hydrogens (tertiary/aromatic N) is 2. The Bertz CT molecular complexity index is 433. The van der Waals surface area contributed by atoms with Gasteiger partial charge in [-0.15, -0.1) is 0 Å². The molecule has 0 unspecified atom stereocenters. The molecule has 2 aliphatic heterocycles. The lowest BCUT2D eigenvalue weighted by Gasteiger charge is -2.38. The van der Waals surface area contributed by atoms with Gasteiger partial charge in [-0.2, -0.15) is 0 Å². The topological polar surface area (TPSA) is 79.0 Å². The highest BCUT2D eigenvalue weighted by molar-refractivity contribution is 8.14. The van der Waals surface area contributed by atoms with Crippen LogP contribution < -0.4 is 5.32 Å². The molecule has 22 heavy (non-hydrogen) atoms.